The van der Waals surface area contributed by atoms with Gasteiger partial charge in [-0.05, 0) is 61.3 Å². The van der Waals surface area contributed by atoms with Crippen molar-refractivity contribution in [2.75, 3.05) is 0 Å². The Labute approximate surface area is 115 Å². The van der Waals surface area contributed by atoms with Crippen molar-refractivity contribution in [3.05, 3.63) is 35.9 Å². The van der Waals surface area contributed by atoms with Crippen molar-refractivity contribution >= 4 is 0 Å². The maximum absolute atomic E-state index is 9.43. The third kappa shape index (κ3) is 1.52. The van der Waals surface area contributed by atoms with E-state index < -0.39 is 0 Å². The maximum Gasteiger partial charge on any atom is 0.0631 e. The van der Waals surface area contributed by atoms with Crippen LogP contribution in [-0.2, 0) is 5.41 Å². The summed E-state index contributed by atoms with van der Waals surface area (Å²) in [5.74, 6) is 3.48. The molecule has 0 unspecified atom stereocenters. The van der Waals surface area contributed by atoms with Gasteiger partial charge in [0.15, 0.2) is 0 Å². The van der Waals surface area contributed by atoms with Crippen LogP contribution in [0.4, 0.5) is 0 Å². The highest BCUT2D eigenvalue weighted by atomic mass is 14.6. The minimum Gasteiger partial charge on any atom is -0.198 e. The Balaban J connectivity index is 1.82. The predicted octanol–water partition coefficient (Wildman–Crippen LogP) is 4.29. The van der Waals surface area contributed by atoms with Gasteiger partial charge in [-0.2, -0.15) is 5.26 Å². The first-order valence-electron chi connectivity index (χ1n) is 7.75. The lowest BCUT2D eigenvalue weighted by Crippen LogP contribution is -2.55. The summed E-state index contributed by atoms with van der Waals surface area (Å²) >= 11 is 0. The molecule has 1 nitrogen and oxygen atoms in total. The summed E-state index contributed by atoms with van der Waals surface area (Å²) in [5, 5.41) is 9.43. The lowest BCUT2D eigenvalue weighted by atomic mass is 9.43. The first-order valence-corrected chi connectivity index (χ1v) is 7.75. The zero-order chi connectivity index (χ0) is 12.9. The smallest absolute Gasteiger partial charge is 0.0631 e. The fourth-order valence-electron chi connectivity index (χ4n) is 5.77. The summed E-state index contributed by atoms with van der Waals surface area (Å²) in [4.78, 5) is 0. The van der Waals surface area contributed by atoms with Crippen molar-refractivity contribution < 1.29 is 0 Å². The number of hydrogen-bond acceptors (Lipinski definition) is 1. The number of nitriles is 1. The molecule has 1 heteroatoms. The quantitative estimate of drug-likeness (QED) is 0.769. The molecule has 98 valence electrons. The fourth-order valence-corrected chi connectivity index (χ4v) is 5.77. The minimum absolute atomic E-state index is 0.184. The van der Waals surface area contributed by atoms with Crippen molar-refractivity contribution in [2.24, 2.45) is 23.7 Å². The maximum atomic E-state index is 9.43. The van der Waals surface area contributed by atoms with E-state index in [-0.39, 0.29) is 5.41 Å². The molecule has 4 bridgehead atoms. The van der Waals surface area contributed by atoms with Gasteiger partial charge < -0.3 is 0 Å². The van der Waals surface area contributed by atoms with Crippen LogP contribution < -0.4 is 0 Å². The molecule has 1 aromatic carbocycles. The third-order valence-electron chi connectivity index (χ3n) is 6.28. The molecule has 0 N–H and O–H groups in total. The fraction of sp³-hybridized carbons (Fsp3) is 0.611. The molecule has 4 fully saturated rings. The topological polar surface area (TPSA) is 23.8 Å². The molecule has 4 aliphatic rings. The molecule has 0 aromatic heterocycles. The van der Waals surface area contributed by atoms with E-state index in [1.54, 1.807) is 0 Å². The second kappa shape index (κ2) is 4.10. The Morgan fingerprint density at radius 1 is 0.947 bits per heavy atom. The summed E-state index contributed by atoms with van der Waals surface area (Å²) in [7, 11) is 0. The molecule has 0 saturated heterocycles. The Kier molecular flexibility index (Phi) is 2.49. The average Bonchev–Trinajstić information content (AvgIpc) is 2.43. The second-order valence-corrected chi connectivity index (χ2v) is 7.05. The van der Waals surface area contributed by atoms with E-state index in [9.17, 15) is 5.26 Å². The molecule has 0 radical (unpaired) electrons. The zero-order valence-electron chi connectivity index (χ0n) is 11.4. The van der Waals surface area contributed by atoms with E-state index >= 15 is 0 Å². The van der Waals surface area contributed by atoms with Gasteiger partial charge in [-0.3, -0.25) is 0 Å². The van der Waals surface area contributed by atoms with E-state index in [4.69, 9.17) is 0 Å². The highest BCUT2D eigenvalue weighted by Crippen LogP contribution is 2.63. The van der Waals surface area contributed by atoms with Crippen molar-refractivity contribution in [3.8, 4) is 6.07 Å². The lowest BCUT2D eigenvalue weighted by molar-refractivity contribution is -0.0591. The van der Waals surface area contributed by atoms with Crippen molar-refractivity contribution in [1.29, 1.82) is 5.26 Å². The molecule has 4 aliphatic carbocycles. The van der Waals surface area contributed by atoms with Crippen LogP contribution in [0, 0.1) is 35.0 Å². The van der Waals surface area contributed by atoms with Gasteiger partial charge in [0.2, 0.25) is 0 Å². The molecule has 19 heavy (non-hydrogen) atoms. The highest BCUT2D eigenvalue weighted by molar-refractivity contribution is 5.32. The normalized spacial score (nSPS) is 43.1. The van der Waals surface area contributed by atoms with Crippen LogP contribution in [0.5, 0.6) is 0 Å². The molecule has 5 rings (SSSR count). The summed E-state index contributed by atoms with van der Waals surface area (Å²) in [6.45, 7) is 0. The Bertz CT molecular complexity index is 482. The van der Waals surface area contributed by atoms with Crippen LogP contribution in [0.15, 0.2) is 30.3 Å². The molecular weight excluding hydrogens is 230 g/mol. The van der Waals surface area contributed by atoms with Gasteiger partial charge in [0.1, 0.15) is 0 Å². The zero-order valence-corrected chi connectivity index (χ0v) is 11.4. The van der Waals surface area contributed by atoms with Crippen molar-refractivity contribution in [3.63, 3.8) is 0 Å². The van der Waals surface area contributed by atoms with Crippen LogP contribution in [-0.4, -0.2) is 0 Å². The minimum atomic E-state index is 0.184. The van der Waals surface area contributed by atoms with Crippen molar-refractivity contribution in [1.82, 2.24) is 0 Å². The summed E-state index contributed by atoms with van der Waals surface area (Å²) < 4.78 is 0. The van der Waals surface area contributed by atoms with Crippen LogP contribution in [0.2, 0.25) is 0 Å². The molecule has 0 aliphatic heterocycles. The number of benzene rings is 1. The van der Waals surface area contributed by atoms with Crippen LogP contribution in [0.3, 0.4) is 0 Å². The molecule has 0 amide bonds. The SMILES string of the molecule is N#CCC1(c2ccccc2)C2CC3CC(C2)CC1C3. The van der Waals surface area contributed by atoms with Crippen LogP contribution in [0.1, 0.15) is 44.1 Å². The molecular formula is C18H21N. The lowest BCUT2D eigenvalue weighted by Gasteiger charge is -2.61. The van der Waals surface area contributed by atoms with Gasteiger partial charge in [0.25, 0.3) is 0 Å². The largest absolute Gasteiger partial charge is 0.198 e. The first-order chi connectivity index (χ1) is 9.33. The van der Waals surface area contributed by atoms with Crippen molar-refractivity contribution in [2.45, 2.75) is 43.9 Å². The van der Waals surface area contributed by atoms with E-state index in [0.29, 0.717) is 0 Å². The molecule has 4 saturated carbocycles. The first kappa shape index (κ1) is 11.5. The van der Waals surface area contributed by atoms with Gasteiger partial charge in [-0.15, -0.1) is 0 Å². The van der Waals surface area contributed by atoms with E-state index in [0.717, 1.165) is 30.1 Å². The Hall–Kier alpha value is -1.29. The van der Waals surface area contributed by atoms with Crippen LogP contribution >= 0.6 is 0 Å². The highest BCUT2D eigenvalue weighted by Gasteiger charge is 2.57. The number of hydrogen-bond donors (Lipinski definition) is 0. The van der Waals surface area contributed by atoms with Gasteiger partial charge in [0.05, 0.1) is 6.07 Å². The average molecular weight is 251 g/mol. The Morgan fingerprint density at radius 2 is 1.53 bits per heavy atom. The summed E-state index contributed by atoms with van der Waals surface area (Å²) in [5.41, 5.74) is 1.63. The predicted molar refractivity (Wildman–Crippen MR) is 75.4 cm³/mol. The molecule has 0 spiro atoms. The van der Waals surface area contributed by atoms with E-state index in [1.165, 1.54) is 37.7 Å². The monoisotopic (exact) mass is 251 g/mol. The van der Waals surface area contributed by atoms with Crippen LogP contribution in [0.25, 0.3) is 0 Å². The van der Waals surface area contributed by atoms with E-state index in [2.05, 4.69) is 36.4 Å². The molecule has 0 atom stereocenters. The van der Waals surface area contributed by atoms with E-state index in [1.807, 2.05) is 0 Å². The number of rotatable bonds is 2. The second-order valence-electron chi connectivity index (χ2n) is 7.05. The standard InChI is InChI=1S/C18H21N/c19-7-6-18(15-4-2-1-3-5-15)16-9-13-8-14(11-16)12-17(18)10-13/h1-5,13-14,16-17H,6,8-12H2. The summed E-state index contributed by atoms with van der Waals surface area (Å²) in [6, 6.07) is 13.5. The van der Waals surface area contributed by atoms with Gasteiger partial charge in [-0.1, -0.05) is 30.3 Å². The van der Waals surface area contributed by atoms with Gasteiger partial charge >= 0.3 is 0 Å². The number of nitrogens with zero attached hydrogens (tertiary/aromatic N) is 1. The molecule has 0 heterocycles. The van der Waals surface area contributed by atoms with Gasteiger partial charge in [-0.25, -0.2) is 0 Å². The molecule has 1 aromatic rings. The Morgan fingerprint density at radius 3 is 2.05 bits per heavy atom. The summed E-state index contributed by atoms with van der Waals surface area (Å²) in [6.07, 6.45) is 7.72. The third-order valence-corrected chi connectivity index (χ3v) is 6.28. The van der Waals surface area contributed by atoms with Gasteiger partial charge in [0, 0.05) is 11.8 Å².